The summed E-state index contributed by atoms with van der Waals surface area (Å²) in [5, 5.41) is 7.69. The monoisotopic (exact) mass is 344 g/mol. The van der Waals surface area contributed by atoms with Crippen LogP contribution in [-0.2, 0) is 10.3 Å². The fourth-order valence-electron chi connectivity index (χ4n) is 2.15. The number of carbonyl (C=O) groups is 1. The third kappa shape index (κ3) is 3.00. The van der Waals surface area contributed by atoms with Crippen LogP contribution in [0, 0.1) is 6.92 Å². The van der Waals surface area contributed by atoms with Crippen molar-refractivity contribution in [3.8, 4) is 11.5 Å². The highest BCUT2D eigenvalue weighted by Gasteiger charge is 2.32. The molecule has 3 aromatic heterocycles. The number of amides is 1. The summed E-state index contributed by atoms with van der Waals surface area (Å²) >= 11 is 1.19. The average molecular weight is 344 g/mol. The number of furan rings is 1. The van der Waals surface area contributed by atoms with Crippen molar-refractivity contribution < 1.29 is 9.21 Å². The van der Waals surface area contributed by atoms with Gasteiger partial charge in [-0.3, -0.25) is 9.59 Å². The molecule has 0 bridgehead atoms. The van der Waals surface area contributed by atoms with E-state index < -0.39 is 5.54 Å². The van der Waals surface area contributed by atoms with Gasteiger partial charge < -0.3 is 9.73 Å². The molecule has 0 unspecified atom stereocenters. The van der Waals surface area contributed by atoms with Crippen LogP contribution >= 0.6 is 11.5 Å². The third-order valence-electron chi connectivity index (χ3n) is 3.52. The highest BCUT2D eigenvalue weighted by Crippen LogP contribution is 2.21. The predicted octanol–water partition coefficient (Wildman–Crippen LogP) is 2.64. The first-order valence-electron chi connectivity index (χ1n) is 7.27. The lowest BCUT2D eigenvalue weighted by Crippen LogP contribution is -2.46. The summed E-state index contributed by atoms with van der Waals surface area (Å²) in [4.78, 5) is 24.9. The fraction of sp³-hybridized carbons (Fsp3) is 0.250. The summed E-state index contributed by atoms with van der Waals surface area (Å²) in [6.45, 7) is 5.11. The number of aryl methyl sites for hydroxylation is 1. The minimum atomic E-state index is -1.18. The molecule has 0 aromatic carbocycles. The van der Waals surface area contributed by atoms with E-state index in [1.807, 2.05) is 6.92 Å². The van der Waals surface area contributed by atoms with Gasteiger partial charge in [-0.25, -0.2) is 4.68 Å². The number of carbonyl (C=O) groups excluding carboxylic acids is 1. The maximum Gasteiger partial charge on any atom is 0.267 e. The van der Waals surface area contributed by atoms with Crippen molar-refractivity contribution in [1.82, 2.24) is 14.2 Å². The molecule has 1 N–H and O–H groups in total. The van der Waals surface area contributed by atoms with Gasteiger partial charge in [0.25, 0.3) is 11.5 Å². The largest absolute Gasteiger partial charge is 0.463 e. The van der Waals surface area contributed by atoms with Gasteiger partial charge in [-0.15, -0.1) is 0 Å². The minimum absolute atomic E-state index is 0.350. The lowest BCUT2D eigenvalue weighted by molar-refractivity contribution is -0.123. The Bertz CT molecular complexity index is 925. The van der Waals surface area contributed by atoms with Crippen molar-refractivity contribution >= 4 is 22.4 Å². The smallest absolute Gasteiger partial charge is 0.267 e. The Hall–Kier alpha value is -2.74. The van der Waals surface area contributed by atoms with Gasteiger partial charge in [0.2, 0.25) is 0 Å². The summed E-state index contributed by atoms with van der Waals surface area (Å²) in [6, 6.07) is 8.18. The summed E-state index contributed by atoms with van der Waals surface area (Å²) in [5.41, 5.74) is -0.249. The average Bonchev–Trinajstić information content (AvgIpc) is 3.19. The molecular weight excluding hydrogens is 328 g/mol. The number of nitrogens with one attached hydrogen (secondary N) is 1. The Labute approximate surface area is 142 Å². The molecule has 0 radical (unpaired) electrons. The number of rotatable bonds is 4. The predicted molar refractivity (Wildman–Crippen MR) is 91.0 cm³/mol. The summed E-state index contributed by atoms with van der Waals surface area (Å²) in [5.74, 6) is 0.176. The van der Waals surface area contributed by atoms with Gasteiger partial charge in [-0.1, -0.05) is 0 Å². The number of hydrogen-bond donors (Lipinski definition) is 1. The first-order valence-corrected chi connectivity index (χ1v) is 8.05. The molecular formula is C16H16N4O3S. The number of nitrogens with zero attached hydrogens (tertiary/aromatic N) is 3. The SMILES string of the molecule is Cc1cc(NC(=O)C(C)(C)n2nc(-c3ccco3)ccc2=O)sn1. The summed E-state index contributed by atoms with van der Waals surface area (Å²) in [6.07, 6.45) is 1.52. The maximum absolute atomic E-state index is 12.6. The normalized spacial score (nSPS) is 11.5. The molecule has 3 rings (SSSR count). The van der Waals surface area contributed by atoms with Gasteiger partial charge in [0.15, 0.2) is 5.76 Å². The van der Waals surface area contributed by atoms with Gasteiger partial charge in [0, 0.05) is 6.07 Å². The van der Waals surface area contributed by atoms with Crippen LogP contribution in [0.2, 0.25) is 0 Å². The molecule has 8 heteroatoms. The molecule has 3 aromatic rings. The zero-order valence-electron chi connectivity index (χ0n) is 13.4. The van der Waals surface area contributed by atoms with E-state index in [0.29, 0.717) is 16.5 Å². The molecule has 24 heavy (non-hydrogen) atoms. The second kappa shape index (κ2) is 6.04. The highest BCUT2D eigenvalue weighted by molar-refractivity contribution is 7.10. The van der Waals surface area contributed by atoms with E-state index in [2.05, 4.69) is 14.8 Å². The molecule has 0 fully saturated rings. The first kappa shape index (κ1) is 16.1. The molecule has 0 aliphatic heterocycles. The number of hydrogen-bond acceptors (Lipinski definition) is 6. The molecule has 0 saturated carbocycles. The number of anilines is 1. The van der Waals surface area contributed by atoms with Gasteiger partial charge in [0.05, 0.1) is 12.0 Å². The molecule has 124 valence electrons. The van der Waals surface area contributed by atoms with Crippen molar-refractivity contribution in [3.63, 3.8) is 0 Å². The molecule has 0 aliphatic carbocycles. The topological polar surface area (TPSA) is 90.0 Å². The van der Waals surface area contributed by atoms with Gasteiger partial charge in [-0.2, -0.15) is 9.47 Å². The lowest BCUT2D eigenvalue weighted by atomic mass is 10.0. The van der Waals surface area contributed by atoms with Crippen LogP contribution in [0.4, 0.5) is 5.00 Å². The van der Waals surface area contributed by atoms with Crippen molar-refractivity contribution in [1.29, 1.82) is 0 Å². The zero-order valence-corrected chi connectivity index (χ0v) is 14.3. The second-order valence-corrected chi connectivity index (χ2v) is 6.60. The van der Waals surface area contributed by atoms with Crippen LogP contribution in [0.25, 0.3) is 11.5 Å². The lowest BCUT2D eigenvalue weighted by Gasteiger charge is -2.24. The van der Waals surface area contributed by atoms with Crippen molar-refractivity contribution in [2.45, 2.75) is 26.3 Å². The van der Waals surface area contributed by atoms with E-state index >= 15 is 0 Å². The minimum Gasteiger partial charge on any atom is -0.463 e. The van der Waals surface area contributed by atoms with Gasteiger partial charge in [-0.05, 0) is 56.6 Å². The van der Waals surface area contributed by atoms with Gasteiger partial charge >= 0.3 is 0 Å². The van der Waals surface area contributed by atoms with Crippen molar-refractivity contribution in [2.75, 3.05) is 5.32 Å². The second-order valence-electron chi connectivity index (χ2n) is 5.79. The van der Waals surface area contributed by atoms with E-state index in [4.69, 9.17) is 4.42 Å². The number of aromatic nitrogens is 3. The third-order valence-corrected chi connectivity index (χ3v) is 4.32. The van der Waals surface area contributed by atoms with E-state index in [1.54, 1.807) is 38.1 Å². The van der Waals surface area contributed by atoms with Crippen LogP contribution in [0.5, 0.6) is 0 Å². The Morgan fingerprint density at radius 3 is 2.75 bits per heavy atom. The summed E-state index contributed by atoms with van der Waals surface area (Å²) < 4.78 is 10.6. The summed E-state index contributed by atoms with van der Waals surface area (Å²) in [7, 11) is 0. The Kier molecular flexibility index (Phi) is 4.06. The van der Waals surface area contributed by atoms with E-state index in [0.717, 1.165) is 10.4 Å². The molecule has 7 nitrogen and oxygen atoms in total. The molecule has 3 heterocycles. The van der Waals surface area contributed by atoms with Crippen molar-refractivity contribution in [3.05, 3.63) is 52.6 Å². The van der Waals surface area contributed by atoms with Crippen LogP contribution in [-0.4, -0.2) is 20.1 Å². The highest BCUT2D eigenvalue weighted by atomic mass is 32.1. The molecule has 0 atom stereocenters. The fourth-order valence-corrected chi connectivity index (χ4v) is 2.81. The standard InChI is InChI=1S/C16H16N4O3S/c1-10-9-13(24-19-10)17-15(22)16(2,3)20-14(21)7-6-11(18-20)12-5-4-8-23-12/h4-9H,1-3H3,(H,17,22). The van der Waals surface area contributed by atoms with Crippen molar-refractivity contribution in [2.24, 2.45) is 0 Å². The zero-order chi connectivity index (χ0) is 17.3. The molecule has 0 saturated heterocycles. The van der Waals surface area contributed by atoms with Crippen LogP contribution in [0.15, 0.2) is 45.8 Å². The van der Waals surface area contributed by atoms with Crippen LogP contribution in [0.3, 0.4) is 0 Å². The van der Waals surface area contributed by atoms with Gasteiger partial charge in [0.1, 0.15) is 16.2 Å². The molecule has 1 amide bonds. The van der Waals surface area contributed by atoms with E-state index in [-0.39, 0.29) is 11.5 Å². The Balaban J connectivity index is 1.95. The quantitative estimate of drug-likeness (QED) is 0.786. The maximum atomic E-state index is 12.6. The van der Waals surface area contributed by atoms with Crippen LogP contribution < -0.4 is 10.9 Å². The molecule has 0 aliphatic rings. The van der Waals surface area contributed by atoms with E-state index in [9.17, 15) is 9.59 Å². The van der Waals surface area contributed by atoms with E-state index in [1.165, 1.54) is 23.9 Å². The molecule has 0 spiro atoms. The first-order chi connectivity index (χ1) is 11.4. The Morgan fingerprint density at radius 1 is 1.33 bits per heavy atom. The van der Waals surface area contributed by atoms with Crippen LogP contribution in [0.1, 0.15) is 19.5 Å². The Morgan fingerprint density at radius 2 is 2.12 bits per heavy atom.